The first-order valence-corrected chi connectivity index (χ1v) is 8.72. The van der Waals surface area contributed by atoms with Gasteiger partial charge >= 0.3 is 0 Å². The van der Waals surface area contributed by atoms with Gasteiger partial charge in [0.15, 0.2) is 5.76 Å². The lowest BCUT2D eigenvalue weighted by Crippen LogP contribution is -2.22. The number of nitrogens with zero attached hydrogens (tertiary/aromatic N) is 2. The standard InChI is InChI=1S/C17H16N4O4S/c1-11-4-2-5-12(8-11)19-14(22)10-26-17-21-20-15(25-17)9-18-16(23)13-6-3-7-24-13/h2-8H,9-10H2,1H3,(H,18,23)(H,19,22). The number of rotatable bonds is 7. The van der Waals surface area contributed by atoms with Gasteiger partial charge in [-0.1, -0.05) is 23.9 Å². The number of amides is 2. The van der Waals surface area contributed by atoms with Gasteiger partial charge in [0.25, 0.3) is 11.1 Å². The fourth-order valence-corrected chi connectivity index (χ4v) is 2.65. The van der Waals surface area contributed by atoms with Crippen LogP contribution in [0.2, 0.25) is 0 Å². The maximum atomic E-state index is 12.0. The number of furan rings is 1. The van der Waals surface area contributed by atoms with Crippen LogP contribution in [0.4, 0.5) is 5.69 Å². The van der Waals surface area contributed by atoms with Gasteiger partial charge in [-0.15, -0.1) is 10.2 Å². The van der Waals surface area contributed by atoms with E-state index in [-0.39, 0.29) is 41.0 Å². The summed E-state index contributed by atoms with van der Waals surface area (Å²) < 4.78 is 10.4. The third-order valence-electron chi connectivity index (χ3n) is 3.22. The van der Waals surface area contributed by atoms with E-state index < -0.39 is 0 Å². The number of aryl methyl sites for hydroxylation is 1. The average Bonchev–Trinajstić information content (AvgIpc) is 3.30. The van der Waals surface area contributed by atoms with E-state index in [1.807, 2.05) is 31.2 Å². The Labute approximate surface area is 153 Å². The van der Waals surface area contributed by atoms with Crippen LogP contribution in [0.25, 0.3) is 0 Å². The van der Waals surface area contributed by atoms with E-state index >= 15 is 0 Å². The van der Waals surface area contributed by atoms with Crippen molar-refractivity contribution in [2.45, 2.75) is 18.7 Å². The fourth-order valence-electron chi connectivity index (χ4n) is 2.07. The zero-order valence-corrected chi connectivity index (χ0v) is 14.7. The van der Waals surface area contributed by atoms with E-state index in [0.717, 1.165) is 23.0 Å². The summed E-state index contributed by atoms with van der Waals surface area (Å²) in [6.07, 6.45) is 1.41. The number of carbonyl (C=O) groups excluding carboxylic acids is 2. The Balaban J connectivity index is 1.44. The molecule has 9 heteroatoms. The number of aromatic nitrogens is 2. The molecule has 0 aliphatic carbocycles. The predicted octanol–water partition coefficient (Wildman–Crippen LogP) is 2.63. The molecule has 2 aromatic heterocycles. The summed E-state index contributed by atoms with van der Waals surface area (Å²) in [7, 11) is 0. The molecule has 0 spiro atoms. The van der Waals surface area contributed by atoms with Crippen LogP contribution in [0.3, 0.4) is 0 Å². The van der Waals surface area contributed by atoms with Crippen molar-refractivity contribution in [3.8, 4) is 0 Å². The largest absolute Gasteiger partial charge is 0.459 e. The van der Waals surface area contributed by atoms with Crippen molar-refractivity contribution in [1.82, 2.24) is 15.5 Å². The molecule has 0 bridgehead atoms. The number of hydrogen-bond donors (Lipinski definition) is 2. The molecule has 0 atom stereocenters. The molecular weight excluding hydrogens is 356 g/mol. The molecule has 26 heavy (non-hydrogen) atoms. The molecule has 0 unspecified atom stereocenters. The third kappa shape index (κ3) is 4.96. The minimum Gasteiger partial charge on any atom is -0.459 e. The molecule has 0 aliphatic rings. The number of nitrogens with one attached hydrogen (secondary N) is 2. The van der Waals surface area contributed by atoms with Gasteiger partial charge in [-0.2, -0.15) is 0 Å². The fraction of sp³-hybridized carbons (Fsp3) is 0.176. The Kier molecular flexibility index (Phi) is 5.69. The molecule has 8 nitrogen and oxygen atoms in total. The summed E-state index contributed by atoms with van der Waals surface area (Å²) >= 11 is 1.12. The van der Waals surface area contributed by atoms with Crippen molar-refractivity contribution in [2.24, 2.45) is 0 Å². The highest BCUT2D eigenvalue weighted by molar-refractivity contribution is 7.99. The predicted molar refractivity (Wildman–Crippen MR) is 94.7 cm³/mol. The minimum atomic E-state index is -0.375. The van der Waals surface area contributed by atoms with Gasteiger partial charge in [0.05, 0.1) is 18.6 Å². The van der Waals surface area contributed by atoms with Crippen LogP contribution < -0.4 is 10.6 Å². The van der Waals surface area contributed by atoms with E-state index in [9.17, 15) is 9.59 Å². The molecule has 3 rings (SSSR count). The molecule has 0 saturated heterocycles. The molecule has 2 N–H and O–H groups in total. The minimum absolute atomic E-state index is 0.0720. The van der Waals surface area contributed by atoms with Crippen molar-refractivity contribution in [2.75, 3.05) is 11.1 Å². The second-order valence-corrected chi connectivity index (χ2v) is 6.25. The number of anilines is 1. The van der Waals surface area contributed by atoms with E-state index in [2.05, 4.69) is 20.8 Å². The number of hydrogen-bond acceptors (Lipinski definition) is 7. The zero-order valence-electron chi connectivity index (χ0n) is 13.9. The summed E-state index contributed by atoms with van der Waals surface area (Å²) in [6, 6.07) is 10.7. The Morgan fingerprint density at radius 2 is 2.08 bits per heavy atom. The van der Waals surface area contributed by atoms with Crippen molar-refractivity contribution in [3.63, 3.8) is 0 Å². The number of benzene rings is 1. The summed E-state index contributed by atoms with van der Waals surface area (Å²) in [5.74, 6) is 0.0266. The maximum absolute atomic E-state index is 12.0. The molecule has 2 heterocycles. The average molecular weight is 372 g/mol. The third-order valence-corrected chi connectivity index (χ3v) is 4.04. The Hall–Kier alpha value is -3.07. The quantitative estimate of drug-likeness (QED) is 0.613. The summed E-state index contributed by atoms with van der Waals surface area (Å²) in [5, 5.41) is 13.3. The van der Waals surface area contributed by atoms with Gasteiger partial charge in [0, 0.05) is 5.69 Å². The second-order valence-electron chi connectivity index (χ2n) is 5.33. The van der Waals surface area contributed by atoms with Gasteiger partial charge in [-0.25, -0.2) is 0 Å². The van der Waals surface area contributed by atoms with Crippen LogP contribution >= 0.6 is 11.8 Å². The Bertz CT molecular complexity index is 892. The SMILES string of the molecule is Cc1cccc(NC(=O)CSc2nnc(CNC(=O)c3ccco3)o2)c1. The number of carbonyl (C=O) groups is 2. The molecular formula is C17H16N4O4S. The smallest absolute Gasteiger partial charge is 0.287 e. The van der Waals surface area contributed by atoms with E-state index in [1.54, 1.807) is 12.1 Å². The van der Waals surface area contributed by atoms with Crippen molar-refractivity contribution in [3.05, 3.63) is 59.9 Å². The molecule has 2 amide bonds. The van der Waals surface area contributed by atoms with Gasteiger partial charge in [0.1, 0.15) is 0 Å². The Morgan fingerprint density at radius 3 is 2.85 bits per heavy atom. The van der Waals surface area contributed by atoms with Gasteiger partial charge in [0.2, 0.25) is 11.8 Å². The van der Waals surface area contributed by atoms with E-state index in [4.69, 9.17) is 8.83 Å². The first-order chi connectivity index (χ1) is 12.6. The van der Waals surface area contributed by atoms with Gasteiger partial charge in [-0.3, -0.25) is 9.59 Å². The highest BCUT2D eigenvalue weighted by Gasteiger charge is 2.12. The normalized spacial score (nSPS) is 10.5. The van der Waals surface area contributed by atoms with Crippen molar-refractivity contribution < 1.29 is 18.4 Å². The number of thioether (sulfide) groups is 1. The zero-order chi connectivity index (χ0) is 18.4. The van der Waals surface area contributed by atoms with E-state index in [0.29, 0.717) is 0 Å². The highest BCUT2D eigenvalue weighted by atomic mass is 32.2. The summed E-state index contributed by atoms with van der Waals surface area (Å²) in [5.41, 5.74) is 1.80. The van der Waals surface area contributed by atoms with Crippen LogP contribution in [-0.2, 0) is 11.3 Å². The summed E-state index contributed by atoms with van der Waals surface area (Å²) in [6.45, 7) is 2.03. The van der Waals surface area contributed by atoms with Crippen LogP contribution in [0.1, 0.15) is 22.0 Å². The van der Waals surface area contributed by atoms with Gasteiger partial charge in [-0.05, 0) is 36.8 Å². The van der Waals surface area contributed by atoms with Crippen LogP contribution in [0, 0.1) is 6.92 Å². The van der Waals surface area contributed by atoms with Gasteiger partial charge < -0.3 is 19.5 Å². The summed E-state index contributed by atoms with van der Waals surface area (Å²) in [4.78, 5) is 23.7. The molecule has 0 saturated carbocycles. The lowest BCUT2D eigenvalue weighted by atomic mass is 10.2. The molecule has 134 valence electrons. The topological polar surface area (TPSA) is 110 Å². The molecule has 3 aromatic rings. The monoisotopic (exact) mass is 372 g/mol. The molecule has 0 fully saturated rings. The second kappa shape index (κ2) is 8.34. The first-order valence-electron chi connectivity index (χ1n) is 7.73. The first kappa shape index (κ1) is 17.7. The van der Waals surface area contributed by atoms with Crippen LogP contribution in [0.5, 0.6) is 0 Å². The Morgan fingerprint density at radius 1 is 1.19 bits per heavy atom. The highest BCUT2D eigenvalue weighted by Crippen LogP contribution is 2.17. The molecule has 1 aromatic carbocycles. The lowest BCUT2D eigenvalue weighted by Gasteiger charge is -2.04. The van der Waals surface area contributed by atoms with Crippen molar-refractivity contribution >= 4 is 29.3 Å². The molecule has 0 radical (unpaired) electrons. The van der Waals surface area contributed by atoms with Crippen LogP contribution in [-0.4, -0.2) is 27.8 Å². The molecule has 0 aliphatic heterocycles. The van der Waals surface area contributed by atoms with Crippen LogP contribution in [0.15, 0.2) is 56.7 Å². The lowest BCUT2D eigenvalue weighted by molar-refractivity contribution is -0.113. The maximum Gasteiger partial charge on any atom is 0.287 e. The van der Waals surface area contributed by atoms with Crippen molar-refractivity contribution in [1.29, 1.82) is 0 Å². The van der Waals surface area contributed by atoms with E-state index in [1.165, 1.54) is 6.26 Å².